The Kier molecular flexibility index (Phi) is 2.46. The first-order valence-electron chi connectivity index (χ1n) is 4.35. The first kappa shape index (κ1) is 9.17. The Bertz CT molecular complexity index is 249. The average Bonchev–Trinajstić information content (AvgIpc) is 2.05. The van der Waals surface area contributed by atoms with Crippen LogP contribution in [0.1, 0.15) is 38.6 Å². The average molecular weight is 164 g/mol. The minimum atomic E-state index is 0.105. The molecule has 66 valence electrons. The molecule has 0 aliphatic heterocycles. The molecule has 1 aromatic heterocycles. The summed E-state index contributed by atoms with van der Waals surface area (Å²) in [6, 6.07) is 0. The van der Waals surface area contributed by atoms with Gasteiger partial charge in [0.15, 0.2) is 0 Å². The third-order valence-electron chi connectivity index (χ3n) is 2.27. The predicted molar refractivity (Wildman–Crippen MR) is 50.1 cm³/mol. The van der Waals surface area contributed by atoms with E-state index in [1.807, 2.05) is 19.3 Å². The third kappa shape index (κ3) is 1.81. The van der Waals surface area contributed by atoms with Crippen LogP contribution < -0.4 is 0 Å². The largest absolute Gasteiger partial charge is 0.241 e. The minimum absolute atomic E-state index is 0.105. The van der Waals surface area contributed by atoms with Crippen molar-refractivity contribution in [1.29, 1.82) is 0 Å². The van der Waals surface area contributed by atoms with Crippen molar-refractivity contribution in [1.82, 2.24) is 9.97 Å². The zero-order chi connectivity index (χ0) is 9.19. The van der Waals surface area contributed by atoms with Gasteiger partial charge >= 0.3 is 0 Å². The molecule has 0 amide bonds. The Balaban J connectivity index is 2.96. The van der Waals surface area contributed by atoms with Crippen LogP contribution in [0.3, 0.4) is 0 Å². The Hall–Kier alpha value is -0.920. The normalized spacial score (nSPS) is 11.7. The van der Waals surface area contributed by atoms with Gasteiger partial charge in [0.1, 0.15) is 5.82 Å². The molecule has 0 atom stereocenters. The molecule has 0 aliphatic carbocycles. The Morgan fingerprint density at radius 1 is 1.25 bits per heavy atom. The summed E-state index contributed by atoms with van der Waals surface area (Å²) in [6.45, 7) is 8.49. The molecule has 0 saturated carbocycles. The van der Waals surface area contributed by atoms with E-state index in [2.05, 4.69) is 30.7 Å². The lowest BCUT2D eigenvalue weighted by Crippen LogP contribution is -2.19. The highest BCUT2D eigenvalue weighted by Crippen LogP contribution is 2.22. The summed E-state index contributed by atoms with van der Waals surface area (Å²) in [5.41, 5.74) is 1.22. The van der Waals surface area contributed by atoms with Gasteiger partial charge in [-0.1, -0.05) is 20.8 Å². The Morgan fingerprint density at radius 3 is 2.17 bits per heavy atom. The van der Waals surface area contributed by atoms with Gasteiger partial charge in [-0.2, -0.15) is 0 Å². The van der Waals surface area contributed by atoms with Crippen LogP contribution >= 0.6 is 0 Å². The number of hydrogen-bond donors (Lipinski definition) is 0. The molecule has 1 rings (SSSR count). The van der Waals surface area contributed by atoms with Gasteiger partial charge in [0.2, 0.25) is 0 Å². The molecular weight excluding hydrogens is 148 g/mol. The monoisotopic (exact) mass is 164 g/mol. The highest BCUT2D eigenvalue weighted by Gasteiger charge is 2.20. The lowest BCUT2D eigenvalue weighted by molar-refractivity contribution is 0.472. The quantitative estimate of drug-likeness (QED) is 0.671. The highest BCUT2D eigenvalue weighted by atomic mass is 14.9. The SMILES string of the molecule is CCC(C)(C)c1ncc(C)cn1. The van der Waals surface area contributed by atoms with Crippen LogP contribution in [-0.4, -0.2) is 9.97 Å². The lowest BCUT2D eigenvalue weighted by Gasteiger charge is -2.20. The Morgan fingerprint density at radius 2 is 1.75 bits per heavy atom. The van der Waals surface area contributed by atoms with Crippen LogP contribution in [-0.2, 0) is 5.41 Å². The lowest BCUT2D eigenvalue weighted by atomic mass is 9.89. The van der Waals surface area contributed by atoms with E-state index in [1.54, 1.807) is 0 Å². The summed E-state index contributed by atoms with van der Waals surface area (Å²) in [7, 11) is 0. The van der Waals surface area contributed by atoms with E-state index < -0.39 is 0 Å². The molecule has 0 spiro atoms. The molecule has 0 N–H and O–H groups in total. The van der Waals surface area contributed by atoms with Crippen molar-refractivity contribution in [2.75, 3.05) is 0 Å². The summed E-state index contributed by atoms with van der Waals surface area (Å²) in [5.74, 6) is 0.940. The summed E-state index contributed by atoms with van der Waals surface area (Å²) in [5, 5.41) is 0. The smallest absolute Gasteiger partial charge is 0.133 e. The molecule has 1 aromatic rings. The van der Waals surface area contributed by atoms with Crippen LogP contribution in [0.15, 0.2) is 12.4 Å². The maximum absolute atomic E-state index is 4.31. The first-order chi connectivity index (χ1) is 5.56. The molecule has 0 aliphatic rings. The molecule has 0 radical (unpaired) electrons. The number of rotatable bonds is 2. The van der Waals surface area contributed by atoms with E-state index in [-0.39, 0.29) is 5.41 Å². The number of aryl methyl sites for hydroxylation is 1. The van der Waals surface area contributed by atoms with Gasteiger partial charge in [-0.3, -0.25) is 0 Å². The zero-order valence-electron chi connectivity index (χ0n) is 8.26. The van der Waals surface area contributed by atoms with E-state index >= 15 is 0 Å². The van der Waals surface area contributed by atoms with Crippen LogP contribution in [0.5, 0.6) is 0 Å². The van der Waals surface area contributed by atoms with E-state index in [4.69, 9.17) is 0 Å². The first-order valence-corrected chi connectivity index (χ1v) is 4.35. The van der Waals surface area contributed by atoms with Crippen LogP contribution in [0, 0.1) is 6.92 Å². The topological polar surface area (TPSA) is 25.8 Å². The molecule has 0 saturated heterocycles. The van der Waals surface area contributed by atoms with Crippen molar-refractivity contribution in [2.45, 2.75) is 39.5 Å². The zero-order valence-corrected chi connectivity index (χ0v) is 8.26. The number of aromatic nitrogens is 2. The third-order valence-corrected chi connectivity index (χ3v) is 2.27. The van der Waals surface area contributed by atoms with Gasteiger partial charge in [0.05, 0.1) is 0 Å². The molecule has 0 unspecified atom stereocenters. The summed E-state index contributed by atoms with van der Waals surface area (Å²) < 4.78 is 0. The van der Waals surface area contributed by atoms with Crippen LogP contribution in [0.2, 0.25) is 0 Å². The number of hydrogen-bond acceptors (Lipinski definition) is 2. The molecule has 0 aromatic carbocycles. The summed E-state index contributed by atoms with van der Waals surface area (Å²) in [6.07, 6.45) is 4.82. The van der Waals surface area contributed by atoms with Gasteiger partial charge in [-0.15, -0.1) is 0 Å². The fraction of sp³-hybridized carbons (Fsp3) is 0.600. The molecule has 0 bridgehead atoms. The minimum Gasteiger partial charge on any atom is -0.241 e. The second kappa shape index (κ2) is 3.21. The maximum Gasteiger partial charge on any atom is 0.133 e. The fourth-order valence-electron chi connectivity index (χ4n) is 0.900. The predicted octanol–water partition coefficient (Wildman–Crippen LogP) is 2.47. The Labute approximate surface area is 74.1 Å². The second-order valence-electron chi connectivity index (χ2n) is 3.82. The van der Waals surface area contributed by atoms with Crippen molar-refractivity contribution in [2.24, 2.45) is 0 Å². The van der Waals surface area contributed by atoms with E-state index in [0.29, 0.717) is 0 Å². The van der Waals surface area contributed by atoms with Gasteiger partial charge < -0.3 is 0 Å². The standard InChI is InChI=1S/C10H16N2/c1-5-10(3,4)9-11-6-8(2)7-12-9/h6-7H,5H2,1-4H3. The molecule has 2 nitrogen and oxygen atoms in total. The maximum atomic E-state index is 4.31. The van der Waals surface area contributed by atoms with Crippen LogP contribution in [0.4, 0.5) is 0 Å². The highest BCUT2D eigenvalue weighted by molar-refractivity contribution is 5.08. The van der Waals surface area contributed by atoms with Crippen LogP contribution in [0.25, 0.3) is 0 Å². The van der Waals surface area contributed by atoms with Crippen molar-refractivity contribution < 1.29 is 0 Å². The molecule has 0 fully saturated rings. The van der Waals surface area contributed by atoms with E-state index in [0.717, 1.165) is 17.8 Å². The van der Waals surface area contributed by atoms with Crippen molar-refractivity contribution in [3.05, 3.63) is 23.8 Å². The molecule has 1 heterocycles. The molecular formula is C10H16N2. The van der Waals surface area contributed by atoms with E-state index in [1.165, 1.54) is 0 Å². The summed E-state index contributed by atoms with van der Waals surface area (Å²) in [4.78, 5) is 8.62. The van der Waals surface area contributed by atoms with Gasteiger partial charge in [-0.05, 0) is 18.9 Å². The van der Waals surface area contributed by atoms with Crippen molar-refractivity contribution in [3.8, 4) is 0 Å². The fourth-order valence-corrected chi connectivity index (χ4v) is 0.900. The van der Waals surface area contributed by atoms with Crippen molar-refractivity contribution >= 4 is 0 Å². The van der Waals surface area contributed by atoms with Gasteiger partial charge in [0.25, 0.3) is 0 Å². The molecule has 12 heavy (non-hydrogen) atoms. The van der Waals surface area contributed by atoms with Crippen molar-refractivity contribution in [3.63, 3.8) is 0 Å². The van der Waals surface area contributed by atoms with Gasteiger partial charge in [-0.25, -0.2) is 9.97 Å². The van der Waals surface area contributed by atoms with E-state index in [9.17, 15) is 0 Å². The molecule has 2 heteroatoms. The number of nitrogens with zero attached hydrogens (tertiary/aromatic N) is 2. The van der Waals surface area contributed by atoms with Gasteiger partial charge in [0, 0.05) is 17.8 Å². The second-order valence-corrected chi connectivity index (χ2v) is 3.82. The summed E-state index contributed by atoms with van der Waals surface area (Å²) >= 11 is 0.